The van der Waals surface area contributed by atoms with Crippen molar-refractivity contribution in [1.82, 2.24) is 14.6 Å². The number of sulfonamides is 1. The van der Waals surface area contributed by atoms with Gasteiger partial charge in [-0.2, -0.15) is 0 Å². The second kappa shape index (κ2) is 10.1. The molecule has 2 aromatic rings. The van der Waals surface area contributed by atoms with E-state index in [-0.39, 0.29) is 11.0 Å². The van der Waals surface area contributed by atoms with E-state index in [1.54, 1.807) is 17.0 Å². The molecule has 1 aliphatic rings. The van der Waals surface area contributed by atoms with Gasteiger partial charge >= 0.3 is 6.09 Å². The number of nitrogens with zero attached hydrogens (tertiary/aromatic N) is 2. The summed E-state index contributed by atoms with van der Waals surface area (Å²) in [7, 11) is -3.92. The summed E-state index contributed by atoms with van der Waals surface area (Å²) in [5.74, 6) is 0.354. The van der Waals surface area contributed by atoms with E-state index in [1.165, 1.54) is 18.3 Å². The first kappa shape index (κ1) is 26.2. The normalized spacial score (nSPS) is 16.4. The van der Waals surface area contributed by atoms with Gasteiger partial charge in [-0.1, -0.05) is 23.7 Å². The van der Waals surface area contributed by atoms with Crippen LogP contribution in [0, 0.1) is 0 Å². The van der Waals surface area contributed by atoms with Gasteiger partial charge in [-0.15, -0.1) is 0 Å². The number of carbonyl (C=O) groups excluding carboxylic acids is 1. The Morgan fingerprint density at radius 3 is 2.24 bits per heavy atom. The summed E-state index contributed by atoms with van der Waals surface area (Å²) in [6.07, 6.45) is 1.54. The molecule has 0 saturated carbocycles. The quantitative estimate of drug-likeness (QED) is 0.604. The van der Waals surface area contributed by atoms with E-state index in [0.29, 0.717) is 36.8 Å². The second-order valence-electron chi connectivity index (χ2n) is 9.66. The van der Waals surface area contributed by atoms with Crippen molar-refractivity contribution >= 4 is 27.7 Å². The van der Waals surface area contributed by atoms with E-state index in [1.807, 2.05) is 46.8 Å². The topological polar surface area (TPSA) is 97.8 Å². The van der Waals surface area contributed by atoms with Crippen molar-refractivity contribution in [1.29, 1.82) is 0 Å². The zero-order valence-corrected chi connectivity index (χ0v) is 21.7. The number of nitrogens with one attached hydrogen (secondary N) is 1. The Kier molecular flexibility index (Phi) is 7.79. The number of likely N-dealkylation sites (tertiary alicyclic amines) is 1. The third kappa shape index (κ3) is 6.61. The van der Waals surface area contributed by atoms with Gasteiger partial charge in [0.05, 0.1) is 17.8 Å². The first-order valence-electron chi connectivity index (χ1n) is 11.2. The number of benzene rings is 1. The lowest BCUT2D eigenvalue weighted by atomic mass is 9.82. The van der Waals surface area contributed by atoms with Crippen molar-refractivity contribution in [2.24, 2.45) is 0 Å². The summed E-state index contributed by atoms with van der Waals surface area (Å²) in [5, 5.41) is 0.554. The number of hydrogen-bond acceptors (Lipinski definition) is 6. The minimum atomic E-state index is -3.92. The Labute approximate surface area is 206 Å². The Morgan fingerprint density at radius 2 is 1.74 bits per heavy atom. The molecule has 1 saturated heterocycles. The number of amides is 1. The van der Waals surface area contributed by atoms with E-state index < -0.39 is 27.3 Å². The maximum absolute atomic E-state index is 13.4. The van der Waals surface area contributed by atoms with E-state index in [2.05, 4.69) is 9.71 Å². The van der Waals surface area contributed by atoms with Crippen LogP contribution < -0.4 is 9.46 Å². The summed E-state index contributed by atoms with van der Waals surface area (Å²) in [6.45, 7) is 9.84. The highest BCUT2D eigenvalue weighted by atomic mass is 35.5. The third-order valence-electron chi connectivity index (χ3n) is 5.37. The van der Waals surface area contributed by atoms with E-state index in [0.717, 1.165) is 5.56 Å². The largest absolute Gasteiger partial charge is 0.475 e. The lowest BCUT2D eigenvalue weighted by Gasteiger charge is -2.42. The summed E-state index contributed by atoms with van der Waals surface area (Å²) < 4.78 is 40.6. The Morgan fingerprint density at radius 1 is 1.12 bits per heavy atom. The zero-order valence-electron chi connectivity index (χ0n) is 20.2. The number of pyridine rings is 1. The average molecular weight is 510 g/mol. The molecule has 2 heterocycles. The monoisotopic (exact) mass is 509 g/mol. The summed E-state index contributed by atoms with van der Waals surface area (Å²) >= 11 is 6.07. The molecule has 186 valence electrons. The smallest absolute Gasteiger partial charge is 0.410 e. The van der Waals surface area contributed by atoms with E-state index in [9.17, 15) is 13.2 Å². The van der Waals surface area contributed by atoms with Gasteiger partial charge in [0.1, 0.15) is 10.5 Å². The number of hydrogen-bond donors (Lipinski definition) is 1. The predicted molar refractivity (Wildman–Crippen MR) is 130 cm³/mol. The van der Waals surface area contributed by atoms with Gasteiger partial charge in [-0.25, -0.2) is 22.9 Å². The molecule has 0 spiro atoms. The van der Waals surface area contributed by atoms with Crippen LogP contribution >= 0.6 is 11.6 Å². The second-order valence-corrected chi connectivity index (χ2v) is 11.8. The molecule has 34 heavy (non-hydrogen) atoms. The molecule has 1 aromatic heterocycles. The minimum Gasteiger partial charge on any atom is -0.475 e. The van der Waals surface area contributed by atoms with Gasteiger partial charge in [0.2, 0.25) is 15.9 Å². The fraction of sp³-hybridized carbons (Fsp3) is 0.500. The van der Waals surface area contributed by atoms with Gasteiger partial charge in [-0.3, -0.25) is 0 Å². The number of rotatable bonds is 6. The molecule has 1 fully saturated rings. The van der Waals surface area contributed by atoms with Gasteiger partial charge in [0.25, 0.3) is 0 Å². The molecule has 8 nitrogen and oxygen atoms in total. The Balaban J connectivity index is 1.86. The summed E-state index contributed by atoms with van der Waals surface area (Å²) in [4.78, 5) is 18.3. The molecule has 0 atom stereocenters. The number of aromatic nitrogens is 1. The lowest BCUT2D eigenvalue weighted by Crippen LogP contribution is -2.54. The van der Waals surface area contributed by atoms with Crippen LogP contribution in [0.2, 0.25) is 5.02 Å². The SMILES string of the molecule is CC(C)Oc1ccc(S(=O)(=O)NC2(c3ccc(Cl)cc3)CCN(C(=O)OC(C)(C)C)CC2)cn1. The van der Waals surface area contributed by atoms with Crippen molar-refractivity contribution in [3.8, 4) is 5.88 Å². The molecule has 1 aliphatic heterocycles. The Bertz CT molecular complexity index is 1090. The fourth-order valence-corrected chi connectivity index (χ4v) is 5.29. The highest BCUT2D eigenvalue weighted by Crippen LogP contribution is 2.36. The fourth-order valence-electron chi connectivity index (χ4n) is 3.77. The molecule has 0 radical (unpaired) electrons. The molecule has 0 aliphatic carbocycles. The first-order chi connectivity index (χ1) is 15.8. The van der Waals surface area contributed by atoms with Crippen LogP contribution in [0.25, 0.3) is 0 Å². The summed E-state index contributed by atoms with van der Waals surface area (Å²) in [6, 6.07) is 10.1. The molecule has 1 N–H and O–H groups in total. The molecule has 10 heteroatoms. The predicted octanol–water partition coefficient (Wildman–Crippen LogP) is 4.73. The molecular weight excluding hydrogens is 478 g/mol. The van der Waals surface area contributed by atoms with Crippen LogP contribution in [0.5, 0.6) is 5.88 Å². The van der Waals surface area contributed by atoms with Gasteiger partial charge in [-0.05, 0) is 71.2 Å². The van der Waals surface area contributed by atoms with Gasteiger partial charge < -0.3 is 14.4 Å². The van der Waals surface area contributed by atoms with Crippen molar-refractivity contribution in [3.05, 3.63) is 53.2 Å². The highest BCUT2D eigenvalue weighted by molar-refractivity contribution is 7.89. The molecule has 3 rings (SSSR count). The standard InChI is InChI=1S/C24H32ClN3O5S/c1-17(2)32-21-11-10-20(16-26-21)34(30,31)27-24(18-6-8-19(25)9-7-18)12-14-28(15-13-24)22(29)33-23(3,4)5/h6-11,16-17,27H,12-15H2,1-5H3. The first-order valence-corrected chi connectivity index (χ1v) is 13.1. The summed E-state index contributed by atoms with van der Waals surface area (Å²) in [5.41, 5.74) is -0.756. The van der Waals surface area contributed by atoms with Gasteiger partial charge in [0.15, 0.2) is 0 Å². The molecule has 0 bridgehead atoms. The number of halogens is 1. The van der Waals surface area contributed by atoms with E-state index >= 15 is 0 Å². The van der Waals surface area contributed by atoms with Crippen LogP contribution in [0.15, 0.2) is 47.5 Å². The maximum Gasteiger partial charge on any atom is 0.410 e. The molecular formula is C24H32ClN3O5S. The van der Waals surface area contributed by atoms with E-state index in [4.69, 9.17) is 21.1 Å². The lowest BCUT2D eigenvalue weighted by molar-refractivity contribution is 0.0158. The van der Waals surface area contributed by atoms with Gasteiger partial charge in [0, 0.05) is 24.2 Å². The molecule has 1 aromatic carbocycles. The Hall–Kier alpha value is -2.36. The average Bonchev–Trinajstić information content (AvgIpc) is 2.73. The van der Waals surface area contributed by atoms with Crippen LogP contribution in [0.3, 0.4) is 0 Å². The number of piperidine rings is 1. The number of ether oxygens (including phenoxy) is 2. The number of carbonyl (C=O) groups is 1. The van der Waals surface area contributed by atoms with Crippen LogP contribution in [0.1, 0.15) is 53.0 Å². The zero-order chi connectivity index (χ0) is 25.1. The van der Waals surface area contributed by atoms with Crippen LogP contribution in [-0.2, 0) is 20.3 Å². The van der Waals surface area contributed by atoms with Crippen LogP contribution in [0.4, 0.5) is 4.79 Å². The molecule has 1 amide bonds. The minimum absolute atomic E-state index is 0.0338. The van der Waals surface area contributed by atoms with Crippen molar-refractivity contribution < 1.29 is 22.7 Å². The third-order valence-corrected chi connectivity index (χ3v) is 7.14. The van der Waals surface area contributed by atoms with Crippen LogP contribution in [-0.4, -0.2) is 49.2 Å². The van der Waals surface area contributed by atoms with Crippen molar-refractivity contribution in [2.45, 2.75) is 69.6 Å². The van der Waals surface area contributed by atoms with Crippen molar-refractivity contribution in [2.75, 3.05) is 13.1 Å². The molecule has 0 unspecified atom stereocenters. The van der Waals surface area contributed by atoms with Crippen molar-refractivity contribution in [3.63, 3.8) is 0 Å². The maximum atomic E-state index is 13.4. The highest BCUT2D eigenvalue weighted by Gasteiger charge is 2.41.